The highest BCUT2D eigenvalue weighted by atomic mass is 32.2. The lowest BCUT2D eigenvalue weighted by Gasteiger charge is -2.34. The maximum Gasteiger partial charge on any atom is 0.265 e. The number of likely N-dealkylation sites (N-methyl/N-ethyl adjacent to an activating group) is 1. The first-order valence-electron chi connectivity index (χ1n) is 15.1. The van der Waals surface area contributed by atoms with Crippen molar-refractivity contribution in [3.8, 4) is 23.0 Å². The molecule has 1 atom stereocenters. The summed E-state index contributed by atoms with van der Waals surface area (Å²) in [6.07, 6.45) is 0.197. The molecule has 2 amide bonds. The Kier molecular flexibility index (Phi) is 11.9. The zero-order valence-corrected chi connectivity index (χ0v) is 28.7. The molecule has 0 bridgehead atoms. The van der Waals surface area contributed by atoms with Crippen LogP contribution < -0.4 is 28.6 Å². The fourth-order valence-corrected chi connectivity index (χ4v) is 6.77. The second kappa shape index (κ2) is 16.1. The first kappa shape index (κ1) is 35.6. The van der Waals surface area contributed by atoms with Crippen LogP contribution in [-0.2, 0) is 32.6 Å². The molecule has 0 heterocycles. The van der Waals surface area contributed by atoms with Crippen molar-refractivity contribution in [2.75, 3.05) is 46.3 Å². The van der Waals surface area contributed by atoms with Crippen molar-refractivity contribution in [1.82, 2.24) is 10.2 Å². The van der Waals surface area contributed by atoms with Gasteiger partial charge in [-0.15, -0.1) is 0 Å². The van der Waals surface area contributed by atoms with Gasteiger partial charge in [-0.25, -0.2) is 8.42 Å². The standard InChI is InChI=1S/C36H41N3O8S/c1-25-11-10-14-27(19-25)23-38(31(36(41)37-2)20-26-12-8-7-9-13-26)35(40)24-39(30-21-28(44-3)15-17-32(30)45-4)48(42,43)29-16-18-33(46-5)34(22-29)47-6/h7-19,21-22,31H,20,23-24H2,1-6H3,(H,37,41)/t31-/m0/s1. The fourth-order valence-electron chi connectivity index (χ4n) is 5.34. The molecule has 11 nitrogen and oxygen atoms in total. The summed E-state index contributed by atoms with van der Waals surface area (Å²) >= 11 is 0. The third-order valence-electron chi connectivity index (χ3n) is 7.83. The minimum atomic E-state index is -4.47. The maximum atomic E-state index is 14.6. The molecular weight excluding hydrogens is 634 g/mol. The molecule has 0 unspecified atom stereocenters. The van der Waals surface area contributed by atoms with Gasteiger partial charge in [0, 0.05) is 32.1 Å². The van der Waals surface area contributed by atoms with Crippen LogP contribution in [0.1, 0.15) is 16.7 Å². The molecule has 0 aliphatic rings. The summed E-state index contributed by atoms with van der Waals surface area (Å²) < 4.78 is 51.8. The van der Waals surface area contributed by atoms with Crippen LogP contribution >= 0.6 is 0 Å². The Morgan fingerprint density at radius 1 is 0.750 bits per heavy atom. The molecule has 0 saturated carbocycles. The van der Waals surface area contributed by atoms with Gasteiger partial charge in [-0.05, 0) is 42.3 Å². The van der Waals surface area contributed by atoms with Crippen molar-refractivity contribution in [2.45, 2.75) is 30.8 Å². The number of hydrogen-bond donors (Lipinski definition) is 1. The molecule has 4 rings (SSSR count). The number of amides is 2. The Labute approximate surface area is 282 Å². The van der Waals surface area contributed by atoms with Gasteiger partial charge in [0.05, 0.1) is 39.0 Å². The lowest BCUT2D eigenvalue weighted by atomic mass is 10.0. The topological polar surface area (TPSA) is 124 Å². The molecule has 1 N–H and O–H groups in total. The van der Waals surface area contributed by atoms with E-state index in [0.717, 1.165) is 21.0 Å². The van der Waals surface area contributed by atoms with Gasteiger partial charge in [-0.3, -0.25) is 13.9 Å². The Balaban J connectivity index is 1.88. The zero-order chi connectivity index (χ0) is 34.8. The summed E-state index contributed by atoms with van der Waals surface area (Å²) in [6, 6.07) is 24.8. The minimum absolute atomic E-state index is 0.0466. The predicted molar refractivity (Wildman–Crippen MR) is 183 cm³/mol. The summed E-state index contributed by atoms with van der Waals surface area (Å²) in [7, 11) is 2.72. The summed E-state index contributed by atoms with van der Waals surface area (Å²) in [5, 5.41) is 2.69. The second-order valence-electron chi connectivity index (χ2n) is 10.9. The third-order valence-corrected chi connectivity index (χ3v) is 9.59. The van der Waals surface area contributed by atoms with Crippen LogP contribution in [0.4, 0.5) is 5.69 Å². The van der Waals surface area contributed by atoms with E-state index < -0.39 is 34.4 Å². The Morgan fingerprint density at radius 2 is 1.42 bits per heavy atom. The molecule has 0 fully saturated rings. The van der Waals surface area contributed by atoms with E-state index in [4.69, 9.17) is 18.9 Å². The van der Waals surface area contributed by atoms with Gasteiger partial charge in [0.15, 0.2) is 11.5 Å². The second-order valence-corrected chi connectivity index (χ2v) is 12.8. The first-order chi connectivity index (χ1) is 23.1. The van der Waals surface area contributed by atoms with Crippen LogP contribution in [0.25, 0.3) is 0 Å². The summed E-state index contributed by atoms with van der Waals surface area (Å²) in [5.74, 6) is 0.0329. The van der Waals surface area contributed by atoms with Crippen molar-refractivity contribution < 1.29 is 37.0 Å². The minimum Gasteiger partial charge on any atom is -0.497 e. The van der Waals surface area contributed by atoms with Crippen LogP contribution in [0.3, 0.4) is 0 Å². The molecule has 0 aliphatic carbocycles. The highest BCUT2D eigenvalue weighted by molar-refractivity contribution is 7.92. The van der Waals surface area contributed by atoms with E-state index in [-0.39, 0.29) is 35.0 Å². The van der Waals surface area contributed by atoms with Gasteiger partial charge in [0.2, 0.25) is 11.8 Å². The molecule has 0 radical (unpaired) electrons. The summed E-state index contributed by atoms with van der Waals surface area (Å²) in [4.78, 5) is 29.4. The quantitative estimate of drug-likeness (QED) is 0.194. The van der Waals surface area contributed by atoms with E-state index in [1.807, 2.05) is 61.5 Å². The van der Waals surface area contributed by atoms with E-state index in [9.17, 15) is 18.0 Å². The van der Waals surface area contributed by atoms with E-state index in [1.54, 1.807) is 12.1 Å². The number of carbonyl (C=O) groups is 2. The van der Waals surface area contributed by atoms with Crippen LogP contribution in [0.2, 0.25) is 0 Å². The van der Waals surface area contributed by atoms with Gasteiger partial charge >= 0.3 is 0 Å². The normalized spacial score (nSPS) is 11.6. The van der Waals surface area contributed by atoms with Crippen molar-refractivity contribution >= 4 is 27.5 Å². The highest BCUT2D eigenvalue weighted by Crippen LogP contribution is 2.38. The van der Waals surface area contributed by atoms with Crippen molar-refractivity contribution in [2.24, 2.45) is 0 Å². The lowest BCUT2D eigenvalue weighted by Crippen LogP contribution is -2.53. The molecule has 4 aromatic rings. The zero-order valence-electron chi connectivity index (χ0n) is 27.9. The van der Waals surface area contributed by atoms with Gasteiger partial charge in [0.1, 0.15) is 24.1 Å². The molecule has 254 valence electrons. The molecule has 0 aromatic heterocycles. The number of methoxy groups -OCH3 is 4. The number of carbonyl (C=O) groups excluding carboxylic acids is 2. The molecular formula is C36H41N3O8S. The SMILES string of the molecule is CNC(=O)[C@H](Cc1ccccc1)N(Cc1cccc(C)c1)C(=O)CN(c1cc(OC)ccc1OC)S(=O)(=O)c1ccc(OC)c(OC)c1. The third kappa shape index (κ3) is 8.18. The Morgan fingerprint density at radius 3 is 2.04 bits per heavy atom. The van der Waals surface area contributed by atoms with Crippen molar-refractivity contribution in [3.05, 3.63) is 108 Å². The predicted octanol–water partition coefficient (Wildman–Crippen LogP) is 4.61. The number of sulfonamides is 1. The van der Waals surface area contributed by atoms with Crippen LogP contribution in [-0.4, -0.2) is 73.2 Å². The molecule has 0 saturated heterocycles. The van der Waals surface area contributed by atoms with Gasteiger partial charge < -0.3 is 29.2 Å². The van der Waals surface area contributed by atoms with Crippen LogP contribution in [0.5, 0.6) is 23.0 Å². The first-order valence-corrected chi connectivity index (χ1v) is 16.6. The summed E-state index contributed by atoms with van der Waals surface area (Å²) in [5.41, 5.74) is 2.64. The van der Waals surface area contributed by atoms with Crippen LogP contribution in [0.15, 0.2) is 95.9 Å². The number of ether oxygens (including phenoxy) is 4. The van der Waals surface area contributed by atoms with E-state index >= 15 is 0 Å². The molecule has 12 heteroatoms. The number of anilines is 1. The van der Waals surface area contributed by atoms with E-state index in [1.165, 1.54) is 64.7 Å². The van der Waals surface area contributed by atoms with Crippen molar-refractivity contribution in [1.29, 1.82) is 0 Å². The number of nitrogens with zero attached hydrogens (tertiary/aromatic N) is 2. The number of hydrogen-bond acceptors (Lipinski definition) is 8. The number of nitrogens with one attached hydrogen (secondary N) is 1. The summed E-state index contributed by atoms with van der Waals surface area (Å²) in [6.45, 7) is 1.31. The monoisotopic (exact) mass is 675 g/mol. The Hall–Kier alpha value is -5.23. The molecule has 4 aromatic carbocycles. The van der Waals surface area contributed by atoms with E-state index in [0.29, 0.717) is 11.5 Å². The molecule has 0 spiro atoms. The molecule has 48 heavy (non-hydrogen) atoms. The van der Waals surface area contributed by atoms with Gasteiger partial charge in [0.25, 0.3) is 10.0 Å². The molecule has 0 aliphatic heterocycles. The lowest BCUT2D eigenvalue weighted by molar-refractivity contribution is -0.139. The number of benzene rings is 4. The van der Waals surface area contributed by atoms with E-state index in [2.05, 4.69) is 5.32 Å². The van der Waals surface area contributed by atoms with Gasteiger partial charge in [-0.1, -0.05) is 60.2 Å². The largest absolute Gasteiger partial charge is 0.497 e. The van der Waals surface area contributed by atoms with Gasteiger partial charge in [-0.2, -0.15) is 0 Å². The number of rotatable bonds is 15. The average Bonchev–Trinajstić information content (AvgIpc) is 3.11. The highest BCUT2D eigenvalue weighted by Gasteiger charge is 2.36. The average molecular weight is 676 g/mol. The smallest absolute Gasteiger partial charge is 0.265 e. The Bertz CT molecular complexity index is 1830. The number of aryl methyl sites for hydroxylation is 1. The fraction of sp³-hybridized carbons (Fsp3) is 0.278. The van der Waals surface area contributed by atoms with Crippen LogP contribution in [0, 0.1) is 6.92 Å². The maximum absolute atomic E-state index is 14.6. The van der Waals surface area contributed by atoms with Crippen molar-refractivity contribution in [3.63, 3.8) is 0 Å².